The van der Waals surface area contributed by atoms with Gasteiger partial charge >= 0.3 is 12.1 Å². The SMILES string of the molecule is Cc1cc(C=O)ccc1Oc1cccc2c1C=C(C(=O)O)C(C(F)(F)F)O2. The number of hydrogen-bond acceptors (Lipinski definition) is 4. The number of ether oxygens (including phenoxy) is 2. The van der Waals surface area contributed by atoms with E-state index in [1.165, 1.54) is 24.3 Å². The highest BCUT2D eigenvalue weighted by atomic mass is 19.4. The lowest BCUT2D eigenvalue weighted by Crippen LogP contribution is -2.40. The highest BCUT2D eigenvalue weighted by Gasteiger charge is 2.48. The van der Waals surface area contributed by atoms with E-state index in [-0.39, 0.29) is 17.1 Å². The van der Waals surface area contributed by atoms with Crippen molar-refractivity contribution in [2.45, 2.75) is 19.2 Å². The van der Waals surface area contributed by atoms with Crippen LogP contribution in [0.4, 0.5) is 13.2 Å². The van der Waals surface area contributed by atoms with Crippen molar-refractivity contribution in [3.63, 3.8) is 0 Å². The van der Waals surface area contributed by atoms with Crippen LogP contribution in [0.3, 0.4) is 0 Å². The van der Waals surface area contributed by atoms with E-state index in [2.05, 4.69) is 0 Å². The van der Waals surface area contributed by atoms with Gasteiger partial charge in [0, 0.05) is 5.56 Å². The third kappa shape index (κ3) is 3.64. The van der Waals surface area contributed by atoms with Gasteiger partial charge < -0.3 is 14.6 Å². The molecule has 1 atom stereocenters. The summed E-state index contributed by atoms with van der Waals surface area (Å²) in [7, 11) is 0. The first-order valence-corrected chi connectivity index (χ1v) is 7.75. The number of aliphatic carboxylic acids is 1. The molecule has 1 heterocycles. The maximum absolute atomic E-state index is 13.1. The summed E-state index contributed by atoms with van der Waals surface area (Å²) in [6.45, 7) is 1.70. The molecule has 0 fully saturated rings. The second-order valence-electron chi connectivity index (χ2n) is 5.86. The molecule has 1 unspecified atom stereocenters. The largest absolute Gasteiger partial charge is 0.478 e. The Balaban J connectivity index is 2.04. The smallest absolute Gasteiger partial charge is 0.430 e. The van der Waals surface area contributed by atoms with Crippen molar-refractivity contribution in [1.82, 2.24) is 0 Å². The molecular formula is C19H13F3O5. The van der Waals surface area contributed by atoms with Gasteiger partial charge in [-0.15, -0.1) is 0 Å². The topological polar surface area (TPSA) is 72.8 Å². The van der Waals surface area contributed by atoms with Gasteiger partial charge in [-0.2, -0.15) is 13.2 Å². The number of benzene rings is 2. The molecule has 1 aliphatic rings. The highest BCUT2D eigenvalue weighted by Crippen LogP contribution is 2.42. The molecule has 2 aromatic carbocycles. The summed E-state index contributed by atoms with van der Waals surface area (Å²) in [5.74, 6) is -1.36. The fraction of sp³-hybridized carbons (Fsp3) is 0.158. The Labute approximate surface area is 151 Å². The molecule has 0 saturated carbocycles. The third-order valence-corrected chi connectivity index (χ3v) is 3.95. The van der Waals surface area contributed by atoms with E-state index in [0.717, 1.165) is 6.08 Å². The maximum atomic E-state index is 13.1. The number of carbonyl (C=O) groups excluding carboxylic acids is 1. The minimum absolute atomic E-state index is 0.0919. The molecule has 0 aliphatic carbocycles. The molecule has 3 rings (SSSR count). The summed E-state index contributed by atoms with van der Waals surface area (Å²) in [6.07, 6.45) is -5.86. The molecule has 27 heavy (non-hydrogen) atoms. The zero-order valence-electron chi connectivity index (χ0n) is 13.9. The molecule has 1 aliphatic heterocycles. The van der Waals surface area contributed by atoms with Crippen LogP contribution in [0.1, 0.15) is 21.5 Å². The van der Waals surface area contributed by atoms with Crippen LogP contribution in [0.15, 0.2) is 42.0 Å². The van der Waals surface area contributed by atoms with Crippen molar-refractivity contribution in [3.8, 4) is 17.2 Å². The fourth-order valence-corrected chi connectivity index (χ4v) is 2.68. The van der Waals surface area contributed by atoms with Crippen molar-refractivity contribution in [1.29, 1.82) is 0 Å². The number of carboxylic acids is 1. The number of alkyl halides is 3. The summed E-state index contributed by atoms with van der Waals surface area (Å²) in [4.78, 5) is 22.1. The summed E-state index contributed by atoms with van der Waals surface area (Å²) >= 11 is 0. The Morgan fingerprint density at radius 1 is 1.22 bits per heavy atom. The number of carboxylic acid groups (broad SMARTS) is 1. The number of aldehydes is 1. The van der Waals surface area contributed by atoms with Gasteiger partial charge in [0.25, 0.3) is 0 Å². The Morgan fingerprint density at radius 2 is 1.96 bits per heavy atom. The number of aryl methyl sites for hydroxylation is 1. The van der Waals surface area contributed by atoms with E-state index in [4.69, 9.17) is 14.6 Å². The number of fused-ring (bicyclic) bond motifs is 1. The summed E-state index contributed by atoms with van der Waals surface area (Å²) in [5, 5.41) is 9.16. The first-order chi connectivity index (χ1) is 12.7. The molecule has 0 radical (unpaired) electrons. The Morgan fingerprint density at radius 3 is 2.56 bits per heavy atom. The molecule has 140 valence electrons. The Bertz CT molecular complexity index is 947. The van der Waals surface area contributed by atoms with Crippen LogP contribution < -0.4 is 9.47 Å². The van der Waals surface area contributed by atoms with E-state index < -0.39 is 23.8 Å². The van der Waals surface area contributed by atoms with Gasteiger partial charge in [0.05, 0.1) is 11.1 Å². The number of hydrogen-bond donors (Lipinski definition) is 1. The van der Waals surface area contributed by atoms with Gasteiger partial charge in [0.1, 0.15) is 23.5 Å². The molecule has 0 saturated heterocycles. The molecule has 1 N–H and O–H groups in total. The molecule has 5 nitrogen and oxygen atoms in total. The predicted molar refractivity (Wildman–Crippen MR) is 89.2 cm³/mol. The minimum atomic E-state index is -4.87. The first kappa shape index (κ1) is 18.5. The van der Waals surface area contributed by atoms with Crippen LogP contribution in [0.5, 0.6) is 17.2 Å². The lowest BCUT2D eigenvalue weighted by Gasteiger charge is -2.27. The van der Waals surface area contributed by atoms with Crippen molar-refractivity contribution in [2.75, 3.05) is 0 Å². The van der Waals surface area contributed by atoms with Gasteiger partial charge in [-0.1, -0.05) is 6.07 Å². The van der Waals surface area contributed by atoms with Crippen LogP contribution in [0.2, 0.25) is 0 Å². The third-order valence-electron chi connectivity index (χ3n) is 3.95. The molecular weight excluding hydrogens is 365 g/mol. The van der Waals surface area contributed by atoms with E-state index >= 15 is 0 Å². The lowest BCUT2D eigenvalue weighted by atomic mass is 10.0. The van der Waals surface area contributed by atoms with E-state index in [0.29, 0.717) is 23.2 Å². The second-order valence-corrected chi connectivity index (χ2v) is 5.86. The first-order valence-electron chi connectivity index (χ1n) is 7.75. The second kappa shape index (κ2) is 6.79. The molecule has 0 amide bonds. The van der Waals surface area contributed by atoms with Gasteiger partial charge in [0.2, 0.25) is 6.10 Å². The fourth-order valence-electron chi connectivity index (χ4n) is 2.68. The normalized spacial score (nSPS) is 16.0. The zero-order valence-corrected chi connectivity index (χ0v) is 13.9. The van der Waals surface area contributed by atoms with Crippen LogP contribution in [-0.2, 0) is 4.79 Å². The zero-order chi connectivity index (χ0) is 19.8. The molecule has 0 bridgehead atoms. The van der Waals surface area contributed by atoms with E-state index in [1.807, 2.05) is 0 Å². The number of halogens is 3. The molecule has 0 aromatic heterocycles. The minimum Gasteiger partial charge on any atom is -0.478 e. The lowest BCUT2D eigenvalue weighted by molar-refractivity contribution is -0.187. The Kier molecular flexibility index (Phi) is 4.65. The average molecular weight is 378 g/mol. The van der Waals surface area contributed by atoms with Crippen molar-refractivity contribution in [3.05, 3.63) is 58.7 Å². The predicted octanol–water partition coefficient (Wildman–Crippen LogP) is 4.39. The van der Waals surface area contributed by atoms with Gasteiger partial charge in [-0.05, 0) is 48.9 Å². The standard InChI is InChI=1S/C19H13F3O5/c1-10-7-11(9-23)5-6-14(10)26-15-3-2-4-16-12(15)8-13(18(24)25)17(27-16)19(20,21)22/h2-9,17H,1H3,(H,24,25). The van der Waals surface area contributed by atoms with Crippen molar-refractivity contribution < 1.29 is 37.3 Å². The maximum Gasteiger partial charge on any atom is 0.430 e. The van der Waals surface area contributed by atoms with E-state index in [9.17, 15) is 22.8 Å². The summed E-state index contributed by atoms with van der Waals surface area (Å²) < 4.78 is 50.0. The van der Waals surface area contributed by atoms with Gasteiger partial charge in [-0.3, -0.25) is 4.79 Å². The molecule has 2 aromatic rings. The molecule has 8 heteroatoms. The van der Waals surface area contributed by atoms with Crippen molar-refractivity contribution in [2.24, 2.45) is 0 Å². The number of rotatable bonds is 4. The highest BCUT2D eigenvalue weighted by molar-refractivity contribution is 5.95. The Hall–Kier alpha value is -3.29. The van der Waals surface area contributed by atoms with Crippen LogP contribution >= 0.6 is 0 Å². The summed E-state index contributed by atoms with van der Waals surface area (Å²) in [6, 6.07) is 8.89. The molecule has 0 spiro atoms. The quantitative estimate of drug-likeness (QED) is 0.799. The number of carbonyl (C=O) groups is 2. The van der Waals surface area contributed by atoms with Gasteiger partial charge in [-0.25, -0.2) is 4.79 Å². The van der Waals surface area contributed by atoms with Gasteiger partial charge in [0.15, 0.2) is 0 Å². The summed E-state index contributed by atoms with van der Waals surface area (Å²) in [5.41, 5.74) is 0.234. The van der Waals surface area contributed by atoms with Crippen molar-refractivity contribution >= 4 is 18.3 Å². The van der Waals surface area contributed by atoms with Crippen LogP contribution in [-0.4, -0.2) is 29.6 Å². The monoisotopic (exact) mass is 378 g/mol. The van der Waals surface area contributed by atoms with Crippen LogP contribution in [0, 0.1) is 6.92 Å². The average Bonchev–Trinajstić information content (AvgIpc) is 2.61. The van der Waals surface area contributed by atoms with E-state index in [1.54, 1.807) is 19.1 Å². The van der Waals surface area contributed by atoms with Crippen LogP contribution in [0.25, 0.3) is 6.08 Å².